The molecule has 0 saturated carbocycles. The standard InChI is InChI=1S/C20H17F3N4O/c1-2-13-5-3-4-6-16(13)26-19-24-12-11-17(27-19)18(28)25-15-9-7-14(8-10-15)20(21,22)23/h3-12H,2H2,1H3,(H,25,28)(H,24,26,27). The minimum absolute atomic E-state index is 0.0892. The van der Waals surface area contributed by atoms with Gasteiger partial charge in [0.25, 0.3) is 5.91 Å². The van der Waals surface area contributed by atoms with E-state index in [-0.39, 0.29) is 17.3 Å². The van der Waals surface area contributed by atoms with Gasteiger partial charge in [-0.15, -0.1) is 0 Å². The van der Waals surface area contributed by atoms with Crippen LogP contribution in [0.2, 0.25) is 0 Å². The molecule has 3 rings (SSSR count). The summed E-state index contributed by atoms with van der Waals surface area (Å²) in [6, 6.07) is 13.3. The molecule has 2 aromatic carbocycles. The van der Waals surface area contributed by atoms with Crippen molar-refractivity contribution < 1.29 is 18.0 Å². The Balaban J connectivity index is 1.73. The van der Waals surface area contributed by atoms with Gasteiger partial charge in [0.15, 0.2) is 0 Å². The first-order valence-electron chi connectivity index (χ1n) is 8.53. The maximum absolute atomic E-state index is 12.6. The van der Waals surface area contributed by atoms with Crippen molar-refractivity contribution in [2.45, 2.75) is 19.5 Å². The highest BCUT2D eigenvalue weighted by Gasteiger charge is 2.30. The molecule has 144 valence electrons. The Kier molecular flexibility index (Phi) is 5.58. The van der Waals surface area contributed by atoms with Crippen LogP contribution in [0.4, 0.5) is 30.5 Å². The number of hydrogen-bond acceptors (Lipinski definition) is 4. The number of carbonyl (C=O) groups is 1. The molecule has 2 N–H and O–H groups in total. The second-order valence-corrected chi connectivity index (χ2v) is 5.93. The van der Waals surface area contributed by atoms with Crippen molar-refractivity contribution in [3.8, 4) is 0 Å². The van der Waals surface area contributed by atoms with E-state index in [1.165, 1.54) is 24.4 Å². The van der Waals surface area contributed by atoms with Crippen LogP contribution in [0.25, 0.3) is 0 Å². The SMILES string of the molecule is CCc1ccccc1Nc1nccc(C(=O)Nc2ccc(C(F)(F)F)cc2)n1. The normalized spacial score (nSPS) is 11.1. The molecule has 5 nitrogen and oxygen atoms in total. The van der Waals surface area contributed by atoms with Crippen LogP contribution in [0.3, 0.4) is 0 Å². The van der Waals surface area contributed by atoms with Crippen LogP contribution in [0.5, 0.6) is 0 Å². The van der Waals surface area contributed by atoms with Gasteiger partial charge in [-0.05, 0) is 48.4 Å². The highest BCUT2D eigenvalue weighted by molar-refractivity contribution is 6.03. The van der Waals surface area contributed by atoms with E-state index in [1.807, 2.05) is 31.2 Å². The lowest BCUT2D eigenvalue weighted by molar-refractivity contribution is -0.137. The number of rotatable bonds is 5. The van der Waals surface area contributed by atoms with Crippen LogP contribution < -0.4 is 10.6 Å². The first-order valence-corrected chi connectivity index (χ1v) is 8.53. The Labute approximate surface area is 159 Å². The van der Waals surface area contributed by atoms with E-state index >= 15 is 0 Å². The summed E-state index contributed by atoms with van der Waals surface area (Å²) < 4.78 is 37.8. The van der Waals surface area contributed by atoms with Gasteiger partial charge in [-0.3, -0.25) is 4.79 Å². The molecule has 0 fully saturated rings. The molecule has 0 aliphatic heterocycles. The molecule has 0 saturated heterocycles. The molecule has 0 aliphatic carbocycles. The molecule has 28 heavy (non-hydrogen) atoms. The summed E-state index contributed by atoms with van der Waals surface area (Å²) in [6.07, 6.45) is -2.17. The molecule has 8 heteroatoms. The van der Waals surface area contributed by atoms with Gasteiger partial charge in [-0.25, -0.2) is 9.97 Å². The summed E-state index contributed by atoms with van der Waals surface area (Å²) in [5.41, 5.74) is 1.46. The number of nitrogens with one attached hydrogen (secondary N) is 2. The quantitative estimate of drug-likeness (QED) is 0.644. The first kappa shape index (κ1) is 19.3. The molecule has 0 atom stereocenters. The number of alkyl halides is 3. The Hall–Kier alpha value is -3.42. The van der Waals surface area contributed by atoms with Crippen LogP contribution in [0, 0.1) is 0 Å². The van der Waals surface area contributed by atoms with Gasteiger partial charge in [0.05, 0.1) is 5.56 Å². The van der Waals surface area contributed by atoms with Gasteiger partial charge >= 0.3 is 6.18 Å². The fourth-order valence-electron chi connectivity index (χ4n) is 2.55. The molecule has 3 aromatic rings. The van der Waals surface area contributed by atoms with Crippen LogP contribution >= 0.6 is 0 Å². The number of nitrogens with zero attached hydrogens (tertiary/aromatic N) is 2. The van der Waals surface area contributed by atoms with Crippen molar-refractivity contribution in [3.63, 3.8) is 0 Å². The highest BCUT2D eigenvalue weighted by atomic mass is 19.4. The number of carbonyl (C=O) groups excluding carboxylic acids is 1. The van der Waals surface area contributed by atoms with E-state index in [2.05, 4.69) is 20.6 Å². The van der Waals surface area contributed by atoms with Crippen molar-refractivity contribution in [3.05, 3.63) is 77.6 Å². The third-order valence-electron chi connectivity index (χ3n) is 4.00. The summed E-state index contributed by atoms with van der Waals surface area (Å²) in [7, 11) is 0. The van der Waals surface area contributed by atoms with Crippen LogP contribution in [-0.4, -0.2) is 15.9 Å². The van der Waals surface area contributed by atoms with Gasteiger partial charge < -0.3 is 10.6 Å². The molecular formula is C20H17F3N4O. The summed E-state index contributed by atoms with van der Waals surface area (Å²) in [5, 5.41) is 5.61. The van der Waals surface area contributed by atoms with E-state index < -0.39 is 17.6 Å². The van der Waals surface area contributed by atoms with Crippen LogP contribution in [0.15, 0.2) is 60.8 Å². The number of hydrogen-bond donors (Lipinski definition) is 2. The lowest BCUT2D eigenvalue weighted by atomic mass is 10.1. The van der Waals surface area contributed by atoms with E-state index in [0.29, 0.717) is 0 Å². The van der Waals surface area contributed by atoms with Crippen molar-refractivity contribution in [1.82, 2.24) is 9.97 Å². The van der Waals surface area contributed by atoms with Gasteiger partial charge in [0.1, 0.15) is 5.69 Å². The van der Waals surface area contributed by atoms with Gasteiger partial charge in [0.2, 0.25) is 5.95 Å². The third kappa shape index (κ3) is 4.64. The molecule has 0 spiro atoms. The van der Waals surface area contributed by atoms with E-state index in [0.717, 1.165) is 29.8 Å². The molecule has 0 unspecified atom stereocenters. The number of aryl methyl sites for hydroxylation is 1. The zero-order valence-electron chi connectivity index (χ0n) is 14.9. The fourth-order valence-corrected chi connectivity index (χ4v) is 2.55. The second kappa shape index (κ2) is 8.08. The average Bonchev–Trinajstić information content (AvgIpc) is 2.68. The molecule has 0 radical (unpaired) electrons. The van der Waals surface area contributed by atoms with Crippen LogP contribution in [-0.2, 0) is 12.6 Å². The number of para-hydroxylation sites is 1. The van der Waals surface area contributed by atoms with Gasteiger partial charge in [-0.1, -0.05) is 25.1 Å². The largest absolute Gasteiger partial charge is 0.416 e. The Bertz CT molecular complexity index is 972. The molecule has 0 aliphatic rings. The number of anilines is 3. The summed E-state index contributed by atoms with van der Waals surface area (Å²) >= 11 is 0. The predicted octanol–water partition coefficient (Wildman–Crippen LogP) is 5.05. The number of benzene rings is 2. The monoisotopic (exact) mass is 386 g/mol. The van der Waals surface area contributed by atoms with Gasteiger partial charge in [0, 0.05) is 17.6 Å². The fraction of sp³-hybridized carbons (Fsp3) is 0.150. The van der Waals surface area contributed by atoms with E-state index in [1.54, 1.807) is 0 Å². The second-order valence-electron chi connectivity index (χ2n) is 5.93. The zero-order chi connectivity index (χ0) is 20.1. The highest BCUT2D eigenvalue weighted by Crippen LogP contribution is 2.29. The topological polar surface area (TPSA) is 66.9 Å². The van der Waals surface area contributed by atoms with Crippen molar-refractivity contribution in [1.29, 1.82) is 0 Å². The predicted molar refractivity (Wildman–Crippen MR) is 101 cm³/mol. The first-order chi connectivity index (χ1) is 13.4. The molecule has 1 amide bonds. The summed E-state index contributed by atoms with van der Waals surface area (Å²) in [6.45, 7) is 2.02. The molecule has 1 aromatic heterocycles. The Morgan fingerprint density at radius 3 is 2.43 bits per heavy atom. The summed E-state index contributed by atoms with van der Waals surface area (Å²) in [4.78, 5) is 20.7. The minimum Gasteiger partial charge on any atom is -0.324 e. The van der Waals surface area contributed by atoms with E-state index in [4.69, 9.17) is 0 Å². The zero-order valence-corrected chi connectivity index (χ0v) is 14.9. The van der Waals surface area contributed by atoms with Gasteiger partial charge in [-0.2, -0.15) is 13.2 Å². The average molecular weight is 386 g/mol. The Morgan fingerprint density at radius 2 is 1.75 bits per heavy atom. The maximum Gasteiger partial charge on any atom is 0.416 e. The van der Waals surface area contributed by atoms with Crippen molar-refractivity contribution in [2.24, 2.45) is 0 Å². The molecule has 0 bridgehead atoms. The van der Waals surface area contributed by atoms with Crippen molar-refractivity contribution in [2.75, 3.05) is 10.6 Å². The number of amides is 1. The maximum atomic E-state index is 12.6. The minimum atomic E-state index is -4.43. The molecular weight excluding hydrogens is 369 g/mol. The summed E-state index contributed by atoms with van der Waals surface area (Å²) in [5.74, 6) is -0.296. The van der Waals surface area contributed by atoms with Crippen molar-refractivity contribution >= 4 is 23.2 Å². The number of halogens is 3. The Morgan fingerprint density at radius 1 is 1.04 bits per heavy atom. The third-order valence-corrected chi connectivity index (χ3v) is 4.00. The smallest absolute Gasteiger partial charge is 0.324 e. The van der Waals surface area contributed by atoms with Crippen LogP contribution in [0.1, 0.15) is 28.5 Å². The lowest BCUT2D eigenvalue weighted by Gasteiger charge is -2.11. The molecule has 1 heterocycles. The number of aromatic nitrogens is 2. The van der Waals surface area contributed by atoms with E-state index in [9.17, 15) is 18.0 Å². The lowest BCUT2D eigenvalue weighted by Crippen LogP contribution is -2.15.